The summed E-state index contributed by atoms with van der Waals surface area (Å²) in [6.45, 7) is 2.64. The van der Waals surface area contributed by atoms with Gasteiger partial charge >= 0.3 is 6.03 Å². The Labute approximate surface area is 141 Å². The van der Waals surface area contributed by atoms with Crippen LogP contribution in [0.25, 0.3) is 11.4 Å². The van der Waals surface area contributed by atoms with E-state index in [0.717, 1.165) is 29.8 Å². The third-order valence-electron chi connectivity index (χ3n) is 4.20. The molecule has 1 aliphatic rings. The number of H-pyrrole nitrogens is 1. The van der Waals surface area contributed by atoms with E-state index < -0.39 is 6.10 Å². The van der Waals surface area contributed by atoms with Crippen molar-refractivity contribution >= 4 is 6.03 Å². The number of aromatic amines is 1. The molecule has 1 fully saturated rings. The lowest BCUT2D eigenvalue weighted by Crippen LogP contribution is -2.41. The van der Waals surface area contributed by atoms with Gasteiger partial charge in [0.05, 0.1) is 6.10 Å². The summed E-state index contributed by atoms with van der Waals surface area (Å²) in [5.41, 5.74) is 1.88. The van der Waals surface area contributed by atoms with E-state index in [1.165, 1.54) is 4.90 Å². The fraction of sp³-hybridized carbons (Fsp3) is 0.471. The van der Waals surface area contributed by atoms with E-state index in [2.05, 4.69) is 20.5 Å². The van der Waals surface area contributed by atoms with Crippen LogP contribution in [0.15, 0.2) is 24.3 Å². The smallest absolute Gasteiger partial charge is 0.317 e. The van der Waals surface area contributed by atoms with Crippen LogP contribution >= 0.6 is 0 Å². The summed E-state index contributed by atoms with van der Waals surface area (Å²) in [7, 11) is 1.70. The topological polar surface area (TPSA) is 94.1 Å². The Morgan fingerprint density at radius 1 is 1.50 bits per heavy atom. The van der Waals surface area contributed by atoms with Gasteiger partial charge in [0, 0.05) is 25.7 Å². The molecule has 1 aromatic heterocycles. The largest absolute Gasteiger partial charge is 0.391 e. The van der Waals surface area contributed by atoms with Gasteiger partial charge in [0.15, 0.2) is 5.82 Å². The summed E-state index contributed by atoms with van der Waals surface area (Å²) in [4.78, 5) is 18.0. The van der Waals surface area contributed by atoms with Crippen molar-refractivity contribution in [2.24, 2.45) is 5.92 Å². The van der Waals surface area contributed by atoms with Crippen molar-refractivity contribution in [3.05, 3.63) is 35.7 Å². The maximum Gasteiger partial charge on any atom is 0.317 e. The van der Waals surface area contributed by atoms with Crippen LogP contribution in [0.2, 0.25) is 0 Å². The maximum atomic E-state index is 12.1. The molecule has 128 valence electrons. The number of carbonyl (C=O) groups excluding carboxylic acids is 1. The Morgan fingerprint density at radius 2 is 2.29 bits per heavy atom. The van der Waals surface area contributed by atoms with Crippen molar-refractivity contribution in [2.75, 3.05) is 13.6 Å². The highest BCUT2D eigenvalue weighted by Gasteiger charge is 2.31. The zero-order valence-electron chi connectivity index (χ0n) is 14.0. The lowest BCUT2D eigenvalue weighted by molar-refractivity contribution is 0.113. The molecule has 0 aliphatic heterocycles. The minimum atomic E-state index is -0.418. The Morgan fingerprint density at radius 3 is 2.96 bits per heavy atom. The molecule has 2 amide bonds. The molecule has 0 saturated heterocycles. The van der Waals surface area contributed by atoms with E-state index in [0.29, 0.717) is 24.8 Å². The first-order valence-corrected chi connectivity index (χ1v) is 8.18. The minimum absolute atomic E-state index is 0.186. The summed E-state index contributed by atoms with van der Waals surface area (Å²) in [6.07, 6.45) is 1.70. The molecule has 24 heavy (non-hydrogen) atoms. The van der Waals surface area contributed by atoms with E-state index in [1.54, 1.807) is 7.05 Å². The molecule has 2 aromatic rings. The molecule has 3 rings (SSSR count). The lowest BCUT2D eigenvalue weighted by Gasteiger charge is -2.21. The first-order chi connectivity index (χ1) is 11.5. The van der Waals surface area contributed by atoms with E-state index in [4.69, 9.17) is 0 Å². The molecule has 1 aliphatic carbocycles. The van der Waals surface area contributed by atoms with Crippen molar-refractivity contribution in [2.45, 2.75) is 32.4 Å². The molecule has 3 N–H and O–H groups in total. The standard InChI is InChI=1S/C17H23N5O2/c1-11-19-16(21-20-11)14-5-3-4-12(8-14)9-18-17(24)22(2)10-15(23)13-6-7-13/h3-5,8,13,15,23H,6-7,9-10H2,1-2H3,(H,18,24)(H,19,20,21). The summed E-state index contributed by atoms with van der Waals surface area (Å²) in [6, 6.07) is 7.58. The van der Waals surface area contributed by atoms with Gasteiger partial charge in [-0.05, 0) is 37.3 Å². The van der Waals surface area contributed by atoms with Crippen LogP contribution in [0.5, 0.6) is 0 Å². The number of hydrogen-bond acceptors (Lipinski definition) is 4. The number of nitrogens with one attached hydrogen (secondary N) is 2. The van der Waals surface area contributed by atoms with Crippen molar-refractivity contribution < 1.29 is 9.90 Å². The minimum Gasteiger partial charge on any atom is -0.391 e. The normalized spacial score (nSPS) is 15.1. The van der Waals surface area contributed by atoms with E-state index in [-0.39, 0.29) is 6.03 Å². The average Bonchev–Trinajstić information content (AvgIpc) is 3.34. The van der Waals surface area contributed by atoms with Crippen molar-refractivity contribution in [3.63, 3.8) is 0 Å². The number of nitrogens with zero attached hydrogens (tertiary/aromatic N) is 3. The molecule has 1 atom stereocenters. The van der Waals surface area contributed by atoms with Gasteiger partial charge in [-0.1, -0.05) is 18.2 Å². The zero-order chi connectivity index (χ0) is 17.1. The average molecular weight is 329 g/mol. The van der Waals surface area contributed by atoms with Crippen molar-refractivity contribution in [3.8, 4) is 11.4 Å². The monoisotopic (exact) mass is 329 g/mol. The number of hydrogen-bond donors (Lipinski definition) is 3. The van der Waals surface area contributed by atoms with Gasteiger partial charge in [0.25, 0.3) is 0 Å². The number of benzene rings is 1. The Bertz CT molecular complexity index is 711. The van der Waals surface area contributed by atoms with Gasteiger partial charge in [0.2, 0.25) is 0 Å². The molecule has 1 saturated carbocycles. The Kier molecular flexibility index (Phi) is 4.80. The second-order valence-corrected chi connectivity index (χ2v) is 6.39. The van der Waals surface area contributed by atoms with Gasteiger partial charge in [-0.15, -0.1) is 0 Å². The number of rotatable bonds is 6. The summed E-state index contributed by atoms with van der Waals surface area (Å²) in [5, 5.41) is 19.8. The number of aryl methyl sites for hydroxylation is 1. The SMILES string of the molecule is Cc1nc(-c2cccc(CNC(=O)N(C)CC(O)C3CC3)c2)n[nH]1. The Hall–Kier alpha value is -2.41. The van der Waals surface area contributed by atoms with Crippen LogP contribution in [0.3, 0.4) is 0 Å². The van der Waals surface area contributed by atoms with Gasteiger partial charge in [0.1, 0.15) is 5.82 Å². The number of urea groups is 1. The fourth-order valence-electron chi connectivity index (χ4n) is 2.60. The maximum absolute atomic E-state index is 12.1. The van der Waals surface area contributed by atoms with Crippen molar-refractivity contribution in [1.29, 1.82) is 0 Å². The summed E-state index contributed by atoms with van der Waals surface area (Å²) in [5.74, 6) is 1.77. The van der Waals surface area contributed by atoms with Crippen LogP contribution in [0, 0.1) is 12.8 Å². The van der Waals surface area contributed by atoms with Gasteiger partial charge < -0.3 is 15.3 Å². The van der Waals surface area contributed by atoms with Crippen LogP contribution in [-0.4, -0.2) is 50.9 Å². The number of aliphatic hydroxyl groups excluding tert-OH is 1. The third-order valence-corrected chi connectivity index (χ3v) is 4.20. The predicted molar refractivity (Wildman–Crippen MR) is 90.2 cm³/mol. The summed E-state index contributed by atoms with van der Waals surface area (Å²) < 4.78 is 0. The third kappa shape index (κ3) is 4.11. The summed E-state index contributed by atoms with van der Waals surface area (Å²) >= 11 is 0. The van der Waals surface area contributed by atoms with Crippen LogP contribution in [-0.2, 0) is 6.54 Å². The number of likely N-dealkylation sites (N-methyl/N-ethyl adjacent to an activating group) is 1. The predicted octanol–water partition coefficient (Wildman–Crippen LogP) is 1.69. The number of carbonyl (C=O) groups is 1. The van der Waals surface area contributed by atoms with Crippen LogP contribution < -0.4 is 5.32 Å². The van der Waals surface area contributed by atoms with Gasteiger partial charge in [-0.3, -0.25) is 5.10 Å². The van der Waals surface area contributed by atoms with E-state index in [9.17, 15) is 9.90 Å². The van der Waals surface area contributed by atoms with Crippen molar-refractivity contribution in [1.82, 2.24) is 25.4 Å². The first-order valence-electron chi connectivity index (χ1n) is 8.18. The molecule has 1 aromatic carbocycles. The van der Waals surface area contributed by atoms with Crippen LogP contribution in [0.1, 0.15) is 24.2 Å². The van der Waals surface area contributed by atoms with E-state index >= 15 is 0 Å². The highest BCUT2D eigenvalue weighted by atomic mass is 16.3. The molecule has 7 heteroatoms. The second-order valence-electron chi connectivity index (χ2n) is 6.39. The number of aliphatic hydroxyl groups is 1. The number of aromatic nitrogens is 3. The number of amides is 2. The van der Waals surface area contributed by atoms with E-state index in [1.807, 2.05) is 31.2 Å². The molecule has 7 nitrogen and oxygen atoms in total. The lowest BCUT2D eigenvalue weighted by atomic mass is 10.1. The molecular formula is C17H23N5O2. The fourth-order valence-corrected chi connectivity index (χ4v) is 2.60. The molecule has 0 spiro atoms. The second kappa shape index (κ2) is 7.00. The Balaban J connectivity index is 1.55. The van der Waals surface area contributed by atoms with Gasteiger partial charge in [-0.2, -0.15) is 5.10 Å². The molecular weight excluding hydrogens is 306 g/mol. The zero-order valence-corrected chi connectivity index (χ0v) is 14.0. The van der Waals surface area contributed by atoms with Gasteiger partial charge in [-0.25, -0.2) is 9.78 Å². The quantitative estimate of drug-likeness (QED) is 0.752. The molecule has 1 heterocycles. The molecule has 0 bridgehead atoms. The van der Waals surface area contributed by atoms with Crippen LogP contribution in [0.4, 0.5) is 4.79 Å². The molecule has 1 unspecified atom stereocenters. The molecule has 0 radical (unpaired) electrons. The highest BCUT2D eigenvalue weighted by Crippen LogP contribution is 2.32. The first kappa shape index (κ1) is 16.4. The highest BCUT2D eigenvalue weighted by molar-refractivity contribution is 5.74.